The number of rotatable bonds is 6. The van der Waals surface area contributed by atoms with Crippen molar-refractivity contribution < 1.29 is 33.7 Å². The number of Topliss-reactive ketones (excluding diaryl/α,β-unsaturated/α-hetero) is 1. The molecule has 0 aromatic heterocycles. The van der Waals surface area contributed by atoms with Gasteiger partial charge in [-0.05, 0) is 65.1 Å². The molecule has 1 unspecified atom stereocenters. The van der Waals surface area contributed by atoms with Crippen LogP contribution in [-0.4, -0.2) is 44.1 Å². The van der Waals surface area contributed by atoms with E-state index in [0.29, 0.717) is 33.9 Å². The second-order valence-electron chi connectivity index (χ2n) is 10.1. The van der Waals surface area contributed by atoms with Gasteiger partial charge in [0.2, 0.25) is 0 Å². The number of hydrogen-bond donors (Lipinski definition) is 1. The first kappa shape index (κ1) is 27.4. The van der Waals surface area contributed by atoms with Gasteiger partial charge in [-0.3, -0.25) is 14.5 Å². The Hall–Kier alpha value is -4.59. The number of methoxy groups -OCH3 is 3. The molecule has 3 aromatic rings. The van der Waals surface area contributed by atoms with Crippen molar-refractivity contribution in [3.05, 3.63) is 94.6 Å². The van der Waals surface area contributed by atoms with Gasteiger partial charge in [0.15, 0.2) is 0 Å². The summed E-state index contributed by atoms with van der Waals surface area (Å²) in [5, 5.41) is 11.7. The molecule has 1 atom stereocenters. The third-order valence-electron chi connectivity index (χ3n) is 6.74. The van der Waals surface area contributed by atoms with E-state index in [1.807, 2.05) is 26.8 Å². The van der Waals surface area contributed by atoms with Crippen molar-refractivity contribution >= 4 is 29.1 Å². The van der Waals surface area contributed by atoms with Crippen molar-refractivity contribution in [1.29, 1.82) is 0 Å². The van der Waals surface area contributed by atoms with E-state index in [-0.39, 0.29) is 16.7 Å². The van der Waals surface area contributed by atoms with Gasteiger partial charge in [0.1, 0.15) is 17.3 Å². The first-order chi connectivity index (χ1) is 18.5. The van der Waals surface area contributed by atoms with Crippen molar-refractivity contribution in [2.45, 2.75) is 32.2 Å². The Morgan fingerprint density at radius 3 is 2.18 bits per heavy atom. The van der Waals surface area contributed by atoms with Crippen LogP contribution in [-0.2, 0) is 19.7 Å². The van der Waals surface area contributed by atoms with Crippen LogP contribution in [0, 0.1) is 0 Å². The lowest BCUT2D eigenvalue weighted by atomic mass is 9.85. The predicted octanol–water partition coefficient (Wildman–Crippen LogP) is 5.41. The van der Waals surface area contributed by atoms with Crippen LogP contribution in [0.2, 0.25) is 0 Å². The summed E-state index contributed by atoms with van der Waals surface area (Å²) in [4.78, 5) is 40.4. The predicted molar refractivity (Wildman–Crippen MR) is 147 cm³/mol. The fourth-order valence-corrected chi connectivity index (χ4v) is 4.61. The number of ether oxygens (including phenoxy) is 3. The maximum Gasteiger partial charge on any atom is 0.337 e. The molecule has 0 saturated carbocycles. The van der Waals surface area contributed by atoms with Gasteiger partial charge in [-0.25, -0.2) is 4.79 Å². The van der Waals surface area contributed by atoms with Crippen LogP contribution >= 0.6 is 0 Å². The number of benzene rings is 3. The summed E-state index contributed by atoms with van der Waals surface area (Å²) in [6.45, 7) is 6.10. The topological polar surface area (TPSA) is 102 Å². The third-order valence-corrected chi connectivity index (χ3v) is 6.74. The van der Waals surface area contributed by atoms with Crippen LogP contribution in [0.15, 0.2) is 72.3 Å². The van der Waals surface area contributed by atoms with Gasteiger partial charge in [-0.15, -0.1) is 0 Å². The highest BCUT2D eigenvalue weighted by Gasteiger charge is 2.47. The molecule has 1 saturated heterocycles. The van der Waals surface area contributed by atoms with Crippen LogP contribution in [0.1, 0.15) is 53.9 Å². The van der Waals surface area contributed by atoms with Gasteiger partial charge < -0.3 is 19.3 Å². The maximum absolute atomic E-state index is 13.6. The highest BCUT2D eigenvalue weighted by molar-refractivity contribution is 6.51. The molecule has 1 fully saturated rings. The van der Waals surface area contributed by atoms with Gasteiger partial charge in [-0.1, -0.05) is 39.0 Å². The summed E-state index contributed by atoms with van der Waals surface area (Å²) in [6.07, 6.45) is 0. The SMILES string of the molecule is COC(=O)c1ccc(N2C(=O)C(=O)/C(=C(/O)c3cc(C(C)(C)C)ccc3OC)C2c2cccc(OC)c2)cc1. The number of aliphatic hydroxyl groups is 1. The molecular weight excluding hydrogens is 498 g/mol. The van der Waals surface area contributed by atoms with Crippen LogP contribution < -0.4 is 14.4 Å². The average Bonchev–Trinajstić information content (AvgIpc) is 3.21. The average molecular weight is 530 g/mol. The molecule has 1 aliphatic heterocycles. The molecule has 202 valence electrons. The van der Waals surface area contributed by atoms with Crippen LogP contribution in [0.3, 0.4) is 0 Å². The number of nitrogens with zero attached hydrogens (tertiary/aromatic N) is 1. The monoisotopic (exact) mass is 529 g/mol. The standard InChI is InChI=1S/C31H31NO7/c1-31(2,3)20-12-15-24(38-5)23(17-20)27(33)25-26(19-8-7-9-22(16-19)37-4)32(29(35)28(25)34)21-13-10-18(11-14-21)30(36)39-6/h7-17,26,33H,1-6H3/b27-25+. The molecule has 1 heterocycles. The second kappa shape index (κ2) is 10.6. The van der Waals surface area contributed by atoms with Crippen molar-refractivity contribution in [3.63, 3.8) is 0 Å². The normalized spacial score (nSPS) is 16.8. The molecule has 8 heteroatoms. The number of carbonyl (C=O) groups is 3. The molecule has 0 spiro atoms. The lowest BCUT2D eigenvalue weighted by Gasteiger charge is -2.26. The summed E-state index contributed by atoms with van der Waals surface area (Å²) in [5.41, 5.74) is 2.09. The minimum absolute atomic E-state index is 0.0883. The van der Waals surface area contributed by atoms with E-state index in [1.54, 1.807) is 48.5 Å². The Kier molecular flexibility index (Phi) is 7.49. The number of ketones is 1. The zero-order valence-electron chi connectivity index (χ0n) is 22.8. The molecule has 1 N–H and O–H groups in total. The summed E-state index contributed by atoms with van der Waals surface area (Å²) in [5.74, 6) is -1.66. The van der Waals surface area contributed by atoms with E-state index in [4.69, 9.17) is 14.2 Å². The number of amides is 1. The first-order valence-electron chi connectivity index (χ1n) is 12.3. The molecule has 39 heavy (non-hydrogen) atoms. The number of aliphatic hydroxyl groups excluding tert-OH is 1. The molecular formula is C31H31NO7. The van der Waals surface area contributed by atoms with Crippen molar-refractivity contribution in [2.24, 2.45) is 0 Å². The van der Waals surface area contributed by atoms with E-state index < -0.39 is 23.7 Å². The van der Waals surface area contributed by atoms with E-state index in [1.165, 1.54) is 38.4 Å². The molecule has 0 aliphatic carbocycles. The van der Waals surface area contributed by atoms with Crippen molar-refractivity contribution in [3.8, 4) is 11.5 Å². The third kappa shape index (κ3) is 5.10. The zero-order chi connectivity index (χ0) is 28.5. The quantitative estimate of drug-likeness (QED) is 0.197. The van der Waals surface area contributed by atoms with Crippen LogP contribution in [0.4, 0.5) is 5.69 Å². The minimum Gasteiger partial charge on any atom is -0.507 e. The highest BCUT2D eigenvalue weighted by atomic mass is 16.5. The van der Waals surface area contributed by atoms with Gasteiger partial charge in [0.25, 0.3) is 11.7 Å². The summed E-state index contributed by atoms with van der Waals surface area (Å²) in [6, 6.07) is 17.5. The summed E-state index contributed by atoms with van der Waals surface area (Å²) < 4.78 is 15.7. The molecule has 0 bridgehead atoms. The fraction of sp³-hybridized carbons (Fsp3) is 0.258. The smallest absolute Gasteiger partial charge is 0.337 e. The van der Waals surface area contributed by atoms with Crippen molar-refractivity contribution in [1.82, 2.24) is 0 Å². The number of anilines is 1. The molecule has 4 rings (SSSR count). The Balaban J connectivity index is 1.97. The fourth-order valence-electron chi connectivity index (χ4n) is 4.61. The largest absolute Gasteiger partial charge is 0.507 e. The van der Waals surface area contributed by atoms with Gasteiger partial charge >= 0.3 is 5.97 Å². The lowest BCUT2D eigenvalue weighted by molar-refractivity contribution is -0.132. The van der Waals surface area contributed by atoms with Crippen LogP contribution in [0.25, 0.3) is 5.76 Å². The van der Waals surface area contributed by atoms with E-state index in [0.717, 1.165) is 5.56 Å². The Morgan fingerprint density at radius 2 is 1.59 bits per heavy atom. The maximum atomic E-state index is 13.6. The molecule has 3 aromatic carbocycles. The molecule has 8 nitrogen and oxygen atoms in total. The minimum atomic E-state index is -0.980. The Bertz CT molecular complexity index is 1460. The van der Waals surface area contributed by atoms with E-state index in [2.05, 4.69) is 0 Å². The zero-order valence-corrected chi connectivity index (χ0v) is 22.8. The number of esters is 1. The van der Waals surface area contributed by atoms with E-state index in [9.17, 15) is 19.5 Å². The second-order valence-corrected chi connectivity index (χ2v) is 10.1. The van der Waals surface area contributed by atoms with E-state index >= 15 is 0 Å². The van der Waals surface area contributed by atoms with Gasteiger partial charge in [-0.2, -0.15) is 0 Å². The van der Waals surface area contributed by atoms with Gasteiger partial charge in [0.05, 0.1) is 44.1 Å². The summed E-state index contributed by atoms with van der Waals surface area (Å²) >= 11 is 0. The highest BCUT2D eigenvalue weighted by Crippen LogP contribution is 2.44. The van der Waals surface area contributed by atoms with Crippen molar-refractivity contribution in [2.75, 3.05) is 26.2 Å². The Labute approximate surface area is 227 Å². The summed E-state index contributed by atoms with van der Waals surface area (Å²) in [7, 11) is 4.27. The number of carbonyl (C=O) groups excluding carboxylic acids is 3. The number of hydrogen-bond acceptors (Lipinski definition) is 7. The molecule has 1 amide bonds. The van der Waals surface area contributed by atoms with Crippen LogP contribution in [0.5, 0.6) is 11.5 Å². The molecule has 0 radical (unpaired) electrons. The Morgan fingerprint density at radius 1 is 0.897 bits per heavy atom. The lowest BCUT2D eigenvalue weighted by Crippen LogP contribution is -2.29. The first-order valence-corrected chi connectivity index (χ1v) is 12.3. The van der Waals surface area contributed by atoms with Gasteiger partial charge in [0, 0.05) is 5.69 Å². The molecule has 1 aliphatic rings.